The first-order valence-electron chi connectivity index (χ1n) is 12.9. The molecule has 2 aromatic rings. The molecular weight excluding hydrogens is 470 g/mol. The standard InChI is InChI=1S/C30H33NO6/c1-4-36-27(33)30(18-11-16-23(30)32)22-17-19-29(2,35-3)26(22)31-24(20-12-7-5-8-13-20)25(37-28(31)34)21-14-9-6-10-15-21/h5-10,12-15,17,19,22,24-26H,4,11,16,18H2,1-3H3/t22-,24+,25-,26+,29+,30?/m0/s1. The summed E-state index contributed by atoms with van der Waals surface area (Å²) in [6.07, 6.45) is 3.94. The summed E-state index contributed by atoms with van der Waals surface area (Å²) in [7, 11) is 1.58. The summed E-state index contributed by atoms with van der Waals surface area (Å²) >= 11 is 0. The highest BCUT2D eigenvalue weighted by molar-refractivity contribution is 6.06. The zero-order chi connectivity index (χ0) is 26.2. The Bertz CT molecular complexity index is 1200. The number of ketones is 1. The van der Waals surface area contributed by atoms with E-state index in [0.717, 1.165) is 11.1 Å². The molecule has 7 nitrogen and oxygen atoms in total. The van der Waals surface area contributed by atoms with E-state index >= 15 is 0 Å². The van der Waals surface area contributed by atoms with Crippen LogP contribution in [0.15, 0.2) is 72.8 Å². The fraction of sp³-hybridized carbons (Fsp3) is 0.433. The average Bonchev–Trinajstić information content (AvgIpc) is 3.58. The number of esters is 1. The molecule has 5 rings (SSSR count). The van der Waals surface area contributed by atoms with Gasteiger partial charge < -0.3 is 14.2 Å². The molecule has 6 atom stereocenters. The highest BCUT2D eigenvalue weighted by Gasteiger charge is 2.65. The molecule has 0 spiro atoms. The monoisotopic (exact) mass is 503 g/mol. The number of carbonyl (C=O) groups excluding carboxylic acids is 3. The summed E-state index contributed by atoms with van der Waals surface area (Å²) in [5.41, 5.74) is -0.565. The van der Waals surface area contributed by atoms with Crippen LogP contribution in [0.5, 0.6) is 0 Å². The van der Waals surface area contributed by atoms with Crippen LogP contribution in [-0.2, 0) is 23.8 Å². The lowest BCUT2D eigenvalue weighted by Crippen LogP contribution is -2.59. The number of amides is 1. The molecule has 2 aliphatic carbocycles. The smallest absolute Gasteiger partial charge is 0.411 e. The van der Waals surface area contributed by atoms with Gasteiger partial charge in [0.2, 0.25) is 0 Å². The molecule has 1 amide bonds. The van der Waals surface area contributed by atoms with Crippen molar-refractivity contribution in [3.05, 3.63) is 83.9 Å². The number of benzene rings is 2. The Morgan fingerprint density at radius 1 is 1.05 bits per heavy atom. The van der Waals surface area contributed by atoms with E-state index in [-0.39, 0.29) is 12.4 Å². The fourth-order valence-corrected chi connectivity index (χ4v) is 6.44. The third-order valence-corrected chi connectivity index (χ3v) is 8.28. The van der Waals surface area contributed by atoms with Crippen molar-refractivity contribution >= 4 is 17.8 Å². The summed E-state index contributed by atoms with van der Waals surface area (Å²) in [4.78, 5) is 42.5. The highest BCUT2D eigenvalue weighted by atomic mass is 16.6. The van der Waals surface area contributed by atoms with E-state index in [1.54, 1.807) is 18.9 Å². The zero-order valence-electron chi connectivity index (χ0n) is 21.5. The maximum absolute atomic E-state index is 13.8. The molecule has 1 saturated carbocycles. The summed E-state index contributed by atoms with van der Waals surface area (Å²) in [6.45, 7) is 3.79. The zero-order valence-corrected chi connectivity index (χ0v) is 21.5. The first-order chi connectivity index (χ1) is 17.9. The van der Waals surface area contributed by atoms with E-state index in [9.17, 15) is 14.4 Å². The minimum atomic E-state index is -1.38. The van der Waals surface area contributed by atoms with Gasteiger partial charge in [0.05, 0.1) is 12.6 Å². The Balaban J connectivity index is 1.66. The van der Waals surface area contributed by atoms with Crippen LogP contribution in [0, 0.1) is 11.3 Å². The molecule has 1 aliphatic heterocycles. The second-order valence-corrected chi connectivity index (χ2v) is 10.2. The van der Waals surface area contributed by atoms with Crippen molar-refractivity contribution in [2.75, 3.05) is 13.7 Å². The highest BCUT2D eigenvalue weighted by Crippen LogP contribution is 2.55. The molecule has 37 heavy (non-hydrogen) atoms. The Morgan fingerprint density at radius 2 is 1.70 bits per heavy atom. The van der Waals surface area contributed by atoms with Crippen molar-refractivity contribution in [1.29, 1.82) is 0 Å². The minimum Gasteiger partial charge on any atom is -0.465 e. The van der Waals surface area contributed by atoms with Crippen LogP contribution >= 0.6 is 0 Å². The maximum Gasteiger partial charge on any atom is 0.411 e. The summed E-state index contributed by atoms with van der Waals surface area (Å²) < 4.78 is 17.6. The first-order valence-corrected chi connectivity index (χ1v) is 12.9. The Labute approximate surface area is 217 Å². The molecule has 0 N–H and O–H groups in total. The second kappa shape index (κ2) is 9.78. The van der Waals surface area contributed by atoms with Crippen molar-refractivity contribution in [3.8, 4) is 0 Å². The van der Waals surface area contributed by atoms with Crippen molar-refractivity contribution in [2.45, 2.75) is 56.9 Å². The van der Waals surface area contributed by atoms with E-state index in [1.165, 1.54) is 0 Å². The first kappa shape index (κ1) is 25.2. The van der Waals surface area contributed by atoms with E-state index in [0.29, 0.717) is 19.3 Å². The average molecular weight is 504 g/mol. The van der Waals surface area contributed by atoms with Crippen LogP contribution < -0.4 is 0 Å². The van der Waals surface area contributed by atoms with Gasteiger partial charge in [-0.3, -0.25) is 14.5 Å². The third kappa shape index (κ3) is 3.96. The largest absolute Gasteiger partial charge is 0.465 e. The lowest BCUT2D eigenvalue weighted by atomic mass is 9.68. The van der Waals surface area contributed by atoms with Gasteiger partial charge in [-0.15, -0.1) is 0 Å². The number of ether oxygens (including phenoxy) is 3. The SMILES string of the molecule is CCOC(=O)C1([C@H]2C=C[C@@](C)(OC)[C@@H]2N2C(=O)O[C@@H](c3ccccc3)[C@H]2c2ccccc2)CCCC1=O. The number of nitrogens with zero attached hydrogens (tertiary/aromatic N) is 1. The molecule has 3 aliphatic rings. The number of Topliss-reactive ketones (excluding diaryl/α,β-unsaturated/α-hetero) is 1. The maximum atomic E-state index is 13.8. The molecule has 194 valence electrons. The molecule has 1 heterocycles. The second-order valence-electron chi connectivity index (χ2n) is 10.2. The van der Waals surface area contributed by atoms with Crippen molar-refractivity contribution in [3.63, 3.8) is 0 Å². The number of rotatable bonds is 7. The molecule has 1 saturated heterocycles. The molecule has 0 bridgehead atoms. The van der Waals surface area contributed by atoms with Crippen molar-refractivity contribution < 1.29 is 28.6 Å². The number of carbonyl (C=O) groups is 3. The molecule has 1 unspecified atom stereocenters. The fourth-order valence-electron chi connectivity index (χ4n) is 6.44. The Kier molecular flexibility index (Phi) is 6.67. The van der Waals surface area contributed by atoms with Gasteiger partial charge in [0, 0.05) is 19.4 Å². The van der Waals surface area contributed by atoms with E-state index in [1.807, 2.05) is 79.7 Å². The minimum absolute atomic E-state index is 0.144. The normalized spacial score (nSPS) is 33.1. The lowest BCUT2D eigenvalue weighted by molar-refractivity contribution is -0.164. The van der Waals surface area contributed by atoms with E-state index in [2.05, 4.69) is 0 Å². The van der Waals surface area contributed by atoms with Gasteiger partial charge in [-0.1, -0.05) is 72.8 Å². The van der Waals surface area contributed by atoms with Crippen LogP contribution in [0.2, 0.25) is 0 Å². The molecule has 7 heteroatoms. The number of hydrogen-bond acceptors (Lipinski definition) is 6. The summed E-state index contributed by atoms with van der Waals surface area (Å²) in [5.74, 6) is -1.30. The van der Waals surface area contributed by atoms with Gasteiger partial charge in [0.15, 0.2) is 11.9 Å². The van der Waals surface area contributed by atoms with Crippen LogP contribution in [-0.4, -0.2) is 48.1 Å². The predicted octanol–water partition coefficient (Wildman–Crippen LogP) is 5.18. The van der Waals surface area contributed by atoms with E-state index < -0.39 is 47.2 Å². The van der Waals surface area contributed by atoms with Crippen LogP contribution in [0.3, 0.4) is 0 Å². The van der Waals surface area contributed by atoms with Crippen LogP contribution in [0.4, 0.5) is 4.79 Å². The van der Waals surface area contributed by atoms with Crippen molar-refractivity contribution in [1.82, 2.24) is 4.90 Å². The van der Waals surface area contributed by atoms with Crippen molar-refractivity contribution in [2.24, 2.45) is 11.3 Å². The van der Waals surface area contributed by atoms with E-state index in [4.69, 9.17) is 14.2 Å². The summed E-state index contributed by atoms with van der Waals surface area (Å²) in [6, 6.07) is 18.2. The molecule has 0 aromatic heterocycles. The topological polar surface area (TPSA) is 82.1 Å². The van der Waals surface area contributed by atoms with Gasteiger partial charge in [0.25, 0.3) is 0 Å². The quantitative estimate of drug-likeness (QED) is 0.294. The van der Waals surface area contributed by atoms with Gasteiger partial charge in [-0.05, 0) is 37.8 Å². The predicted molar refractivity (Wildman–Crippen MR) is 136 cm³/mol. The summed E-state index contributed by atoms with van der Waals surface area (Å²) in [5, 5.41) is 0. The Morgan fingerprint density at radius 3 is 2.27 bits per heavy atom. The molecule has 0 radical (unpaired) electrons. The number of methoxy groups -OCH3 is 1. The van der Waals surface area contributed by atoms with Gasteiger partial charge >= 0.3 is 12.1 Å². The molecular formula is C30H33NO6. The number of hydrogen-bond donors (Lipinski definition) is 0. The molecule has 2 fully saturated rings. The van der Waals surface area contributed by atoms with Gasteiger partial charge in [-0.2, -0.15) is 0 Å². The van der Waals surface area contributed by atoms with Crippen LogP contribution in [0.25, 0.3) is 0 Å². The number of cyclic esters (lactones) is 1. The van der Waals surface area contributed by atoms with Crippen LogP contribution in [0.1, 0.15) is 56.4 Å². The lowest BCUT2D eigenvalue weighted by Gasteiger charge is -2.45. The Hall–Kier alpha value is -3.45. The van der Waals surface area contributed by atoms with Gasteiger partial charge in [0.1, 0.15) is 17.1 Å². The van der Waals surface area contributed by atoms with Gasteiger partial charge in [-0.25, -0.2) is 4.79 Å². The molecule has 2 aromatic carbocycles. The third-order valence-electron chi connectivity index (χ3n) is 8.28.